The quantitative estimate of drug-likeness (QED) is 0.243. The molecule has 1 unspecified atom stereocenters. The molecule has 0 spiro atoms. The Morgan fingerprint density at radius 1 is 0.783 bits per heavy atom. The molecule has 0 aliphatic carbocycles. The molecule has 1 atom stereocenters. The molecule has 0 amide bonds. The lowest BCUT2D eigenvalue weighted by Crippen LogP contribution is -2.67. The maximum atomic E-state index is 9.32. The number of rotatable bonds is 10. The van der Waals surface area contributed by atoms with Gasteiger partial charge in [0, 0.05) is 0 Å². The Balaban J connectivity index is 6.19. The van der Waals surface area contributed by atoms with Gasteiger partial charge in [-0.1, -0.05) is 119 Å². The maximum absolute atomic E-state index is 9.32. The van der Waals surface area contributed by atoms with E-state index in [1.54, 1.807) is 0 Å². The van der Waals surface area contributed by atoms with E-state index in [2.05, 4.69) is 0 Å². The second kappa shape index (κ2) is 9.24. The van der Waals surface area contributed by atoms with Crippen LogP contribution >= 0.6 is 102 Å². The molecule has 0 radical (unpaired) electrons. The van der Waals surface area contributed by atoms with Gasteiger partial charge in [0.25, 0.3) is 0 Å². The van der Waals surface area contributed by atoms with Crippen LogP contribution in [0.1, 0.15) is 46.5 Å². The second-order valence-corrected chi connectivity index (χ2v) is 11.3. The number of hydrogen-bond donors (Lipinski definition) is 1. The molecule has 0 bridgehead atoms. The molecule has 0 fully saturated rings. The fourth-order valence-electron chi connectivity index (χ4n) is 2.06. The summed E-state index contributed by atoms with van der Waals surface area (Å²) in [6.45, 7) is 5.05. The smallest absolute Gasteiger partial charge is 0.182 e. The SMILES string of the molecule is CCCC(Cl)(Cl)C(Cl)(Cl)C(C)(OPO)C(Cl)(Cl)C(Cl)(Cl)CCC. The average Bonchev–Trinajstić information content (AvgIpc) is 2.37. The highest BCUT2D eigenvalue weighted by molar-refractivity contribution is 7.25. The van der Waals surface area contributed by atoms with Gasteiger partial charge in [0.05, 0.1) is 0 Å². The minimum atomic E-state index is -2.04. The van der Waals surface area contributed by atoms with Crippen LogP contribution in [0.15, 0.2) is 0 Å². The van der Waals surface area contributed by atoms with E-state index in [1.165, 1.54) is 6.92 Å². The largest absolute Gasteiger partial charge is 0.352 e. The van der Waals surface area contributed by atoms with Gasteiger partial charge in [0.15, 0.2) is 26.4 Å². The molecule has 0 heterocycles. The van der Waals surface area contributed by atoms with E-state index in [4.69, 9.17) is 97.3 Å². The van der Waals surface area contributed by atoms with E-state index < -0.39 is 32.0 Å². The second-order valence-electron chi connectivity index (χ2n) is 5.28. The lowest BCUT2D eigenvalue weighted by atomic mass is 9.88. The van der Waals surface area contributed by atoms with Crippen LogP contribution in [0, 0.1) is 0 Å². The third kappa shape index (κ3) is 4.94. The molecule has 140 valence electrons. The first-order valence-electron chi connectivity index (χ1n) is 6.77. The zero-order valence-electron chi connectivity index (χ0n) is 12.7. The highest BCUT2D eigenvalue weighted by Gasteiger charge is 2.72. The highest BCUT2D eigenvalue weighted by Crippen LogP contribution is 2.64. The Bertz CT molecular complexity index is 359. The van der Waals surface area contributed by atoms with Crippen molar-refractivity contribution < 1.29 is 9.42 Å². The van der Waals surface area contributed by atoms with Crippen molar-refractivity contribution in [2.45, 2.75) is 69.4 Å². The van der Waals surface area contributed by atoms with E-state index in [0.29, 0.717) is 12.8 Å². The van der Waals surface area contributed by atoms with Crippen molar-refractivity contribution in [1.82, 2.24) is 0 Å². The van der Waals surface area contributed by atoms with Crippen LogP contribution in [0.4, 0.5) is 0 Å². The summed E-state index contributed by atoms with van der Waals surface area (Å²) in [5, 5.41) is 0. The van der Waals surface area contributed by atoms with Crippen molar-refractivity contribution in [3.8, 4) is 0 Å². The van der Waals surface area contributed by atoms with Gasteiger partial charge < -0.3 is 9.42 Å². The van der Waals surface area contributed by atoms with Crippen molar-refractivity contribution >= 4 is 102 Å². The molecular weight excluding hydrogens is 491 g/mol. The first kappa shape index (κ1) is 25.7. The summed E-state index contributed by atoms with van der Waals surface area (Å²) in [6, 6.07) is 0. The molecule has 0 aliphatic rings. The lowest BCUT2D eigenvalue weighted by molar-refractivity contribution is 0.0478. The van der Waals surface area contributed by atoms with Crippen molar-refractivity contribution in [2.75, 3.05) is 0 Å². The van der Waals surface area contributed by atoms with Crippen molar-refractivity contribution in [1.29, 1.82) is 0 Å². The highest BCUT2D eigenvalue weighted by atomic mass is 35.5. The molecule has 11 heteroatoms. The fourth-order valence-corrected chi connectivity index (χ4v) is 5.57. The fraction of sp³-hybridized carbons (Fsp3) is 1.00. The summed E-state index contributed by atoms with van der Waals surface area (Å²) >= 11 is 51.2. The van der Waals surface area contributed by atoms with E-state index in [1.807, 2.05) is 13.8 Å². The molecule has 0 rings (SSSR count). The topological polar surface area (TPSA) is 29.5 Å². The van der Waals surface area contributed by atoms with Gasteiger partial charge in [-0.2, -0.15) is 0 Å². The van der Waals surface area contributed by atoms with E-state index in [-0.39, 0.29) is 12.8 Å². The Labute approximate surface area is 179 Å². The molecule has 23 heavy (non-hydrogen) atoms. The van der Waals surface area contributed by atoms with Crippen molar-refractivity contribution in [3.63, 3.8) is 0 Å². The molecule has 0 aromatic carbocycles. The standard InChI is InChI=1S/C12H19Cl8O2P/c1-4-6-9(13,14)11(17,18)8(3,22-23-21)12(19,20)10(15,16)7-5-2/h21,23H,4-7H2,1-3H3. The molecule has 0 saturated heterocycles. The molecule has 2 nitrogen and oxygen atoms in total. The van der Waals surface area contributed by atoms with Crippen LogP contribution in [0.25, 0.3) is 0 Å². The van der Waals surface area contributed by atoms with Crippen molar-refractivity contribution in [3.05, 3.63) is 0 Å². The van der Waals surface area contributed by atoms with Crippen LogP contribution in [0.5, 0.6) is 0 Å². The zero-order valence-corrected chi connectivity index (χ0v) is 19.8. The minimum Gasteiger partial charge on any atom is -0.352 e. The van der Waals surface area contributed by atoms with Crippen LogP contribution in [-0.2, 0) is 4.52 Å². The van der Waals surface area contributed by atoms with Gasteiger partial charge >= 0.3 is 0 Å². The van der Waals surface area contributed by atoms with E-state index >= 15 is 0 Å². The average molecular weight is 510 g/mol. The molecule has 0 aliphatic heterocycles. The normalized spacial score (nSPS) is 15.7. The van der Waals surface area contributed by atoms with E-state index in [9.17, 15) is 4.89 Å². The van der Waals surface area contributed by atoms with Gasteiger partial charge in [-0.15, -0.1) is 0 Å². The van der Waals surface area contributed by atoms with Crippen LogP contribution in [0.3, 0.4) is 0 Å². The Hall–Kier alpha value is 2.67. The zero-order chi connectivity index (χ0) is 18.7. The number of alkyl halides is 8. The molecule has 0 saturated carbocycles. The molecule has 0 aromatic heterocycles. The minimum absolute atomic E-state index is 0.214. The molecule has 0 aromatic rings. The van der Waals surface area contributed by atoms with Crippen molar-refractivity contribution in [2.24, 2.45) is 0 Å². The Kier molecular flexibility index (Phi) is 10.3. The molecular formula is C12H19Cl8O2P. The monoisotopic (exact) mass is 506 g/mol. The van der Waals surface area contributed by atoms with Gasteiger partial charge in [0.2, 0.25) is 0 Å². The Morgan fingerprint density at radius 2 is 1.09 bits per heavy atom. The first-order valence-corrected chi connectivity index (χ1v) is 10.6. The number of halogens is 8. The van der Waals surface area contributed by atoms with Crippen LogP contribution < -0.4 is 0 Å². The first-order chi connectivity index (χ1) is 10.2. The summed E-state index contributed by atoms with van der Waals surface area (Å²) in [4.78, 5) is 9.32. The maximum Gasteiger partial charge on any atom is 0.182 e. The lowest BCUT2D eigenvalue weighted by Gasteiger charge is -2.53. The summed E-state index contributed by atoms with van der Waals surface area (Å²) in [6.07, 6.45) is 1.58. The summed E-state index contributed by atoms with van der Waals surface area (Å²) in [5.41, 5.74) is -1.89. The summed E-state index contributed by atoms with van der Waals surface area (Å²) in [7, 11) is -1.05. The van der Waals surface area contributed by atoms with Crippen LogP contribution in [-0.4, -0.2) is 27.8 Å². The summed E-state index contributed by atoms with van der Waals surface area (Å²) in [5.74, 6) is 0. The predicted molar refractivity (Wildman–Crippen MR) is 108 cm³/mol. The van der Waals surface area contributed by atoms with E-state index in [0.717, 1.165) is 0 Å². The van der Waals surface area contributed by atoms with Gasteiger partial charge in [-0.25, -0.2) is 0 Å². The Morgan fingerprint density at radius 3 is 1.30 bits per heavy atom. The third-order valence-corrected chi connectivity index (χ3v) is 9.39. The number of hydrogen-bond acceptors (Lipinski definition) is 2. The van der Waals surface area contributed by atoms with Gasteiger partial charge in [0.1, 0.15) is 5.60 Å². The molecule has 1 N–H and O–H groups in total. The van der Waals surface area contributed by atoms with Gasteiger partial charge in [-0.3, -0.25) is 0 Å². The van der Waals surface area contributed by atoms with Gasteiger partial charge in [-0.05, 0) is 19.8 Å². The third-order valence-electron chi connectivity index (χ3n) is 3.49. The van der Waals surface area contributed by atoms with Crippen LogP contribution in [0.2, 0.25) is 0 Å². The predicted octanol–water partition coefficient (Wildman–Crippen LogP) is 7.56. The summed E-state index contributed by atoms with van der Waals surface area (Å²) < 4.78 is -2.12.